The number of nitro groups is 1. The zero-order valence-corrected chi connectivity index (χ0v) is 20.1. The van der Waals surface area contributed by atoms with Gasteiger partial charge in [0.2, 0.25) is 5.95 Å². The third-order valence-corrected chi connectivity index (χ3v) is 6.10. The Balaban J connectivity index is 1.60. The summed E-state index contributed by atoms with van der Waals surface area (Å²) in [6.07, 6.45) is 0.704. The van der Waals surface area contributed by atoms with Crippen LogP contribution < -0.4 is 14.4 Å². The summed E-state index contributed by atoms with van der Waals surface area (Å²) in [5, 5.41) is 21.3. The summed E-state index contributed by atoms with van der Waals surface area (Å²) < 4.78 is 12.6. The van der Waals surface area contributed by atoms with Gasteiger partial charge < -0.3 is 14.4 Å². The molecule has 5 rings (SSSR count). The summed E-state index contributed by atoms with van der Waals surface area (Å²) in [5.74, 6) is 2.29. The Morgan fingerprint density at radius 1 is 0.972 bits per heavy atom. The number of benzene rings is 3. The van der Waals surface area contributed by atoms with Crippen LogP contribution in [0.1, 0.15) is 5.56 Å². The van der Waals surface area contributed by atoms with E-state index < -0.39 is 4.92 Å². The molecule has 5 aromatic rings. The fourth-order valence-electron chi connectivity index (χ4n) is 4.25. The van der Waals surface area contributed by atoms with Gasteiger partial charge >= 0.3 is 0 Å². The summed E-state index contributed by atoms with van der Waals surface area (Å²) >= 11 is 0. The molecule has 0 fully saturated rings. The summed E-state index contributed by atoms with van der Waals surface area (Å²) in [5.41, 5.74) is 2.75. The second-order valence-corrected chi connectivity index (χ2v) is 8.25. The van der Waals surface area contributed by atoms with E-state index in [1.165, 1.54) is 6.07 Å². The van der Waals surface area contributed by atoms with E-state index in [0.717, 1.165) is 16.5 Å². The summed E-state index contributed by atoms with van der Waals surface area (Å²) in [4.78, 5) is 18.2. The van der Waals surface area contributed by atoms with Crippen molar-refractivity contribution < 1.29 is 14.4 Å². The summed E-state index contributed by atoms with van der Waals surface area (Å²) in [7, 11) is 5.15. The molecule has 0 bridgehead atoms. The molecule has 2 aromatic heterocycles. The number of nitrogens with zero attached hydrogens (tertiary/aromatic N) is 6. The van der Waals surface area contributed by atoms with Crippen LogP contribution in [0.2, 0.25) is 0 Å². The van der Waals surface area contributed by atoms with Gasteiger partial charge in [0, 0.05) is 25.0 Å². The molecule has 0 radical (unpaired) electrons. The third-order valence-electron chi connectivity index (χ3n) is 6.10. The van der Waals surface area contributed by atoms with Gasteiger partial charge in [-0.2, -0.15) is 0 Å². The second kappa shape index (κ2) is 9.49. The number of methoxy groups -OCH3 is 2. The predicted molar refractivity (Wildman–Crippen MR) is 137 cm³/mol. The fraction of sp³-hybridized carbons (Fsp3) is 0.192. The van der Waals surface area contributed by atoms with Gasteiger partial charge in [-0.25, -0.2) is 9.38 Å². The van der Waals surface area contributed by atoms with Crippen LogP contribution in [0.25, 0.3) is 27.9 Å². The molecule has 182 valence electrons. The average molecular weight is 485 g/mol. The van der Waals surface area contributed by atoms with E-state index in [9.17, 15) is 10.1 Å². The SMILES string of the molecule is COc1ccc(CCN(C)c2nc3ccccc3c3nnc(-c4ccccc4[N+](=O)[O-])n23)cc1OC. The van der Waals surface area contributed by atoms with Crippen LogP contribution >= 0.6 is 0 Å². The monoisotopic (exact) mass is 484 g/mol. The Labute approximate surface area is 206 Å². The molecule has 0 amide bonds. The van der Waals surface area contributed by atoms with Crippen molar-refractivity contribution in [1.82, 2.24) is 19.6 Å². The zero-order chi connectivity index (χ0) is 25.2. The zero-order valence-electron chi connectivity index (χ0n) is 20.1. The van der Waals surface area contributed by atoms with Gasteiger partial charge in [-0.3, -0.25) is 10.1 Å². The highest BCUT2D eigenvalue weighted by molar-refractivity contribution is 5.93. The van der Waals surface area contributed by atoms with Crippen molar-refractivity contribution in [2.75, 3.05) is 32.7 Å². The van der Waals surface area contributed by atoms with E-state index in [-0.39, 0.29) is 5.69 Å². The van der Waals surface area contributed by atoms with Gasteiger partial charge in [-0.15, -0.1) is 10.2 Å². The van der Waals surface area contributed by atoms with E-state index in [4.69, 9.17) is 14.5 Å². The van der Waals surface area contributed by atoms with Gasteiger partial charge in [0.15, 0.2) is 23.0 Å². The molecule has 3 aromatic carbocycles. The number of anilines is 1. The Kier molecular flexibility index (Phi) is 6.07. The number of para-hydroxylation sites is 2. The van der Waals surface area contributed by atoms with Crippen molar-refractivity contribution in [2.45, 2.75) is 6.42 Å². The van der Waals surface area contributed by atoms with Gasteiger partial charge in [0.05, 0.1) is 30.2 Å². The minimum Gasteiger partial charge on any atom is -0.493 e. The smallest absolute Gasteiger partial charge is 0.280 e. The molecule has 0 saturated carbocycles. The van der Waals surface area contributed by atoms with Crippen molar-refractivity contribution in [2.24, 2.45) is 0 Å². The average Bonchev–Trinajstić information content (AvgIpc) is 3.36. The molecule has 0 saturated heterocycles. The highest BCUT2D eigenvalue weighted by atomic mass is 16.6. The minimum atomic E-state index is -0.411. The number of nitro benzene ring substituents is 1. The lowest BCUT2D eigenvalue weighted by molar-refractivity contribution is -0.384. The first-order valence-electron chi connectivity index (χ1n) is 11.3. The maximum absolute atomic E-state index is 11.7. The number of aromatic nitrogens is 4. The Hall–Kier alpha value is -4.73. The van der Waals surface area contributed by atoms with E-state index in [0.29, 0.717) is 47.4 Å². The van der Waals surface area contributed by atoms with Crippen LogP contribution in [0, 0.1) is 10.1 Å². The Morgan fingerprint density at radius 3 is 2.50 bits per heavy atom. The highest BCUT2D eigenvalue weighted by Gasteiger charge is 2.23. The standard InChI is InChI=1S/C26H24N6O4/c1-30(15-14-17-12-13-22(35-2)23(16-17)36-3)26-27-20-10-6-4-8-18(20)24-28-29-25(31(24)26)19-9-5-7-11-21(19)32(33)34/h4-13,16H,14-15H2,1-3H3. The fourth-order valence-corrected chi connectivity index (χ4v) is 4.25. The topological polar surface area (TPSA) is 108 Å². The molecule has 36 heavy (non-hydrogen) atoms. The lowest BCUT2D eigenvalue weighted by Gasteiger charge is -2.21. The Morgan fingerprint density at radius 2 is 1.72 bits per heavy atom. The minimum absolute atomic E-state index is 0.0427. The number of likely N-dealkylation sites (N-methyl/N-ethyl adjacent to an activating group) is 1. The van der Waals surface area contributed by atoms with Gasteiger partial charge in [-0.05, 0) is 42.3 Å². The number of fused-ring (bicyclic) bond motifs is 3. The molecular formula is C26H24N6O4. The number of ether oxygens (including phenoxy) is 2. The normalized spacial score (nSPS) is 11.1. The van der Waals surface area contributed by atoms with Crippen LogP contribution in [0.3, 0.4) is 0 Å². The van der Waals surface area contributed by atoms with Crippen molar-refractivity contribution >= 4 is 28.2 Å². The van der Waals surface area contributed by atoms with E-state index >= 15 is 0 Å². The van der Waals surface area contributed by atoms with E-state index in [1.54, 1.807) is 36.8 Å². The first-order chi connectivity index (χ1) is 17.5. The van der Waals surface area contributed by atoms with Crippen LogP contribution in [-0.2, 0) is 6.42 Å². The molecular weight excluding hydrogens is 460 g/mol. The molecule has 0 N–H and O–H groups in total. The largest absolute Gasteiger partial charge is 0.493 e. The lowest BCUT2D eigenvalue weighted by atomic mass is 10.1. The van der Waals surface area contributed by atoms with Crippen molar-refractivity contribution in [3.63, 3.8) is 0 Å². The van der Waals surface area contributed by atoms with Crippen LogP contribution in [0.15, 0.2) is 66.7 Å². The molecule has 0 aliphatic rings. The van der Waals surface area contributed by atoms with Crippen molar-refractivity contribution in [3.8, 4) is 22.9 Å². The number of hydrogen-bond acceptors (Lipinski definition) is 8. The van der Waals surface area contributed by atoms with Gasteiger partial charge in [0.25, 0.3) is 5.69 Å². The van der Waals surface area contributed by atoms with Gasteiger partial charge in [0.1, 0.15) is 0 Å². The maximum atomic E-state index is 11.7. The quantitative estimate of drug-likeness (QED) is 0.233. The molecule has 0 aliphatic heterocycles. The molecule has 2 heterocycles. The number of rotatable bonds is 8. The second-order valence-electron chi connectivity index (χ2n) is 8.25. The molecule has 10 nitrogen and oxygen atoms in total. The van der Waals surface area contributed by atoms with E-state index in [2.05, 4.69) is 10.2 Å². The van der Waals surface area contributed by atoms with Crippen LogP contribution in [0.4, 0.5) is 11.6 Å². The first kappa shape index (κ1) is 23.0. The highest BCUT2D eigenvalue weighted by Crippen LogP contribution is 2.33. The molecule has 0 aliphatic carbocycles. The number of hydrogen-bond donors (Lipinski definition) is 0. The van der Waals surface area contributed by atoms with Gasteiger partial charge in [-0.1, -0.05) is 30.3 Å². The molecule has 0 unspecified atom stereocenters. The first-order valence-corrected chi connectivity index (χ1v) is 11.3. The summed E-state index contributed by atoms with van der Waals surface area (Å²) in [6, 6.07) is 20.0. The molecule has 0 atom stereocenters. The van der Waals surface area contributed by atoms with Crippen LogP contribution in [0.5, 0.6) is 11.5 Å². The van der Waals surface area contributed by atoms with E-state index in [1.807, 2.05) is 54.4 Å². The third kappa shape index (κ3) is 4.02. The lowest BCUT2D eigenvalue weighted by Crippen LogP contribution is -2.24. The summed E-state index contributed by atoms with van der Waals surface area (Å²) in [6.45, 7) is 0.616. The van der Waals surface area contributed by atoms with Crippen molar-refractivity contribution in [1.29, 1.82) is 0 Å². The molecule has 10 heteroatoms. The predicted octanol–water partition coefficient (Wildman–Crippen LogP) is 4.55. The van der Waals surface area contributed by atoms with Crippen molar-refractivity contribution in [3.05, 3.63) is 82.4 Å². The Bertz CT molecular complexity index is 1580. The molecule has 0 spiro atoms. The maximum Gasteiger partial charge on any atom is 0.280 e. The van der Waals surface area contributed by atoms with Crippen LogP contribution in [-0.4, -0.2) is 52.3 Å².